The van der Waals surface area contributed by atoms with E-state index < -0.39 is 0 Å². The maximum absolute atomic E-state index is 10.8. The Hall–Kier alpha value is -1.38. The average Bonchev–Trinajstić information content (AvgIpc) is 2.07. The van der Waals surface area contributed by atoms with E-state index in [2.05, 4.69) is 18.8 Å². The van der Waals surface area contributed by atoms with Crippen molar-refractivity contribution >= 4 is 5.91 Å². The van der Waals surface area contributed by atoms with Crippen LogP contribution in [0.5, 0.6) is 0 Å². The number of rotatable bonds is 3. The molecule has 0 saturated carbocycles. The second-order valence-corrected chi connectivity index (χ2v) is 3.79. The van der Waals surface area contributed by atoms with Crippen LogP contribution in [0.15, 0.2) is 12.1 Å². The highest BCUT2D eigenvalue weighted by molar-refractivity contribution is 5.76. The van der Waals surface area contributed by atoms with Crippen molar-refractivity contribution in [3.8, 4) is 0 Å². The Morgan fingerprint density at radius 1 is 1.50 bits per heavy atom. The van der Waals surface area contributed by atoms with E-state index in [1.807, 2.05) is 19.1 Å². The van der Waals surface area contributed by atoms with Gasteiger partial charge in [-0.1, -0.05) is 19.9 Å². The third kappa shape index (κ3) is 2.55. The molecule has 2 N–H and O–H groups in total. The number of carbonyl (C=O) groups is 1. The summed E-state index contributed by atoms with van der Waals surface area (Å²) in [7, 11) is 0. The summed E-state index contributed by atoms with van der Waals surface area (Å²) >= 11 is 0. The van der Waals surface area contributed by atoms with Crippen LogP contribution in [0.3, 0.4) is 0 Å². The SMILES string of the molecule is Cc1ccc(CC(N)=O)c(C(C)C)n1. The molecule has 0 unspecified atom stereocenters. The second-order valence-electron chi connectivity index (χ2n) is 3.79. The molecule has 3 heteroatoms. The molecule has 0 bridgehead atoms. The number of hydrogen-bond acceptors (Lipinski definition) is 2. The first-order valence-corrected chi connectivity index (χ1v) is 4.75. The van der Waals surface area contributed by atoms with Gasteiger partial charge in [-0.2, -0.15) is 0 Å². The Labute approximate surface area is 84.3 Å². The van der Waals surface area contributed by atoms with Crippen molar-refractivity contribution in [2.24, 2.45) is 5.73 Å². The van der Waals surface area contributed by atoms with Crippen molar-refractivity contribution in [3.05, 3.63) is 29.1 Å². The number of carbonyl (C=O) groups excluding carboxylic acids is 1. The molecule has 76 valence electrons. The molecule has 1 heterocycles. The summed E-state index contributed by atoms with van der Waals surface area (Å²) in [6.45, 7) is 6.07. The van der Waals surface area contributed by atoms with Crippen molar-refractivity contribution in [2.45, 2.75) is 33.1 Å². The molecular formula is C11H16N2O. The maximum Gasteiger partial charge on any atom is 0.221 e. The molecule has 0 aromatic carbocycles. The summed E-state index contributed by atoms with van der Waals surface area (Å²) < 4.78 is 0. The molecule has 1 aromatic rings. The van der Waals surface area contributed by atoms with Crippen molar-refractivity contribution < 1.29 is 4.79 Å². The zero-order chi connectivity index (χ0) is 10.7. The fourth-order valence-electron chi connectivity index (χ4n) is 1.44. The molecule has 0 radical (unpaired) electrons. The Morgan fingerprint density at radius 3 is 2.64 bits per heavy atom. The summed E-state index contributed by atoms with van der Waals surface area (Å²) in [6, 6.07) is 3.84. The fraction of sp³-hybridized carbons (Fsp3) is 0.455. The summed E-state index contributed by atoms with van der Waals surface area (Å²) in [6.07, 6.45) is 0.279. The average molecular weight is 192 g/mol. The number of hydrogen-bond donors (Lipinski definition) is 1. The summed E-state index contributed by atoms with van der Waals surface area (Å²) in [5.74, 6) is 0.0156. The normalized spacial score (nSPS) is 10.6. The largest absolute Gasteiger partial charge is 0.369 e. The monoisotopic (exact) mass is 192 g/mol. The summed E-state index contributed by atoms with van der Waals surface area (Å²) in [5.41, 5.74) is 8.06. The molecule has 0 atom stereocenters. The van der Waals surface area contributed by atoms with Crippen LogP contribution < -0.4 is 5.73 Å². The smallest absolute Gasteiger partial charge is 0.221 e. The molecule has 0 saturated heterocycles. The number of nitrogens with two attached hydrogens (primary N) is 1. The van der Waals surface area contributed by atoms with Gasteiger partial charge in [0.05, 0.1) is 6.42 Å². The number of pyridine rings is 1. The molecule has 0 aliphatic heterocycles. The minimum absolute atomic E-state index is 0.279. The maximum atomic E-state index is 10.8. The lowest BCUT2D eigenvalue weighted by Gasteiger charge is -2.11. The standard InChI is InChI=1S/C11H16N2O/c1-7(2)11-9(6-10(12)14)5-4-8(3)13-11/h4-5,7H,6H2,1-3H3,(H2,12,14). The van der Waals surface area contributed by atoms with Gasteiger partial charge >= 0.3 is 0 Å². The van der Waals surface area contributed by atoms with E-state index in [0.29, 0.717) is 5.92 Å². The van der Waals surface area contributed by atoms with Crippen LogP contribution in [0.4, 0.5) is 0 Å². The molecule has 0 aliphatic rings. The Kier molecular flexibility index (Phi) is 3.23. The van der Waals surface area contributed by atoms with Crippen LogP contribution in [0.25, 0.3) is 0 Å². The first kappa shape index (κ1) is 10.7. The number of nitrogens with zero attached hydrogens (tertiary/aromatic N) is 1. The molecule has 1 rings (SSSR count). The molecular weight excluding hydrogens is 176 g/mol. The molecule has 3 nitrogen and oxygen atoms in total. The van der Waals surface area contributed by atoms with Crippen LogP contribution in [-0.2, 0) is 11.2 Å². The van der Waals surface area contributed by atoms with Gasteiger partial charge < -0.3 is 5.73 Å². The number of aromatic nitrogens is 1. The van der Waals surface area contributed by atoms with Crippen molar-refractivity contribution in [1.29, 1.82) is 0 Å². The Morgan fingerprint density at radius 2 is 2.14 bits per heavy atom. The van der Waals surface area contributed by atoms with Crippen LogP contribution in [0, 0.1) is 6.92 Å². The van der Waals surface area contributed by atoms with Gasteiger partial charge in [0.2, 0.25) is 5.91 Å². The zero-order valence-electron chi connectivity index (χ0n) is 8.87. The quantitative estimate of drug-likeness (QED) is 0.789. The van der Waals surface area contributed by atoms with E-state index in [0.717, 1.165) is 17.0 Å². The van der Waals surface area contributed by atoms with Gasteiger partial charge in [-0.15, -0.1) is 0 Å². The van der Waals surface area contributed by atoms with Gasteiger partial charge in [0.25, 0.3) is 0 Å². The molecule has 0 spiro atoms. The number of amides is 1. The van der Waals surface area contributed by atoms with Gasteiger partial charge in [0.15, 0.2) is 0 Å². The highest BCUT2D eigenvalue weighted by Crippen LogP contribution is 2.17. The minimum Gasteiger partial charge on any atom is -0.369 e. The topological polar surface area (TPSA) is 56.0 Å². The number of primary amides is 1. The van der Waals surface area contributed by atoms with Crippen molar-refractivity contribution in [3.63, 3.8) is 0 Å². The van der Waals surface area contributed by atoms with Crippen molar-refractivity contribution in [1.82, 2.24) is 4.98 Å². The third-order valence-corrected chi connectivity index (χ3v) is 2.06. The first-order valence-electron chi connectivity index (χ1n) is 4.75. The van der Waals surface area contributed by atoms with Crippen LogP contribution in [0.1, 0.15) is 36.7 Å². The van der Waals surface area contributed by atoms with Gasteiger partial charge in [-0.05, 0) is 24.5 Å². The van der Waals surface area contributed by atoms with Gasteiger partial charge in [-0.25, -0.2) is 0 Å². The highest BCUT2D eigenvalue weighted by Gasteiger charge is 2.10. The van der Waals surface area contributed by atoms with Crippen LogP contribution in [-0.4, -0.2) is 10.9 Å². The van der Waals surface area contributed by atoms with E-state index in [4.69, 9.17) is 5.73 Å². The minimum atomic E-state index is -0.308. The van der Waals surface area contributed by atoms with E-state index in [-0.39, 0.29) is 12.3 Å². The van der Waals surface area contributed by atoms with E-state index in [1.54, 1.807) is 0 Å². The summed E-state index contributed by atoms with van der Waals surface area (Å²) in [5, 5.41) is 0. The molecule has 1 amide bonds. The first-order chi connectivity index (χ1) is 6.50. The predicted octanol–water partition coefficient (Wildman–Crippen LogP) is 1.54. The zero-order valence-corrected chi connectivity index (χ0v) is 8.87. The van der Waals surface area contributed by atoms with E-state index in [9.17, 15) is 4.79 Å². The second kappa shape index (κ2) is 4.22. The van der Waals surface area contributed by atoms with E-state index in [1.165, 1.54) is 0 Å². The van der Waals surface area contributed by atoms with Gasteiger partial charge in [-0.3, -0.25) is 9.78 Å². The Balaban J connectivity index is 3.08. The lowest BCUT2D eigenvalue weighted by atomic mass is 10.0. The number of aryl methyl sites for hydroxylation is 1. The Bertz CT molecular complexity index is 345. The third-order valence-electron chi connectivity index (χ3n) is 2.06. The van der Waals surface area contributed by atoms with Crippen molar-refractivity contribution in [2.75, 3.05) is 0 Å². The van der Waals surface area contributed by atoms with E-state index >= 15 is 0 Å². The molecule has 0 aliphatic carbocycles. The van der Waals surface area contributed by atoms with Gasteiger partial charge in [0.1, 0.15) is 0 Å². The molecule has 0 fully saturated rings. The highest BCUT2D eigenvalue weighted by atomic mass is 16.1. The van der Waals surface area contributed by atoms with Gasteiger partial charge in [0, 0.05) is 11.4 Å². The fourth-order valence-corrected chi connectivity index (χ4v) is 1.44. The summed E-state index contributed by atoms with van der Waals surface area (Å²) in [4.78, 5) is 15.2. The van der Waals surface area contributed by atoms with Crippen LogP contribution in [0.2, 0.25) is 0 Å². The molecule has 14 heavy (non-hydrogen) atoms. The van der Waals surface area contributed by atoms with Crippen LogP contribution >= 0.6 is 0 Å². The lowest BCUT2D eigenvalue weighted by Crippen LogP contribution is -2.16. The molecule has 1 aromatic heterocycles. The predicted molar refractivity (Wildman–Crippen MR) is 56.0 cm³/mol. The lowest BCUT2D eigenvalue weighted by molar-refractivity contribution is -0.117.